The second kappa shape index (κ2) is 9.96. The number of fused-ring (bicyclic) bond motifs is 1. The molecule has 8 nitrogen and oxygen atoms in total. The third kappa shape index (κ3) is 5.32. The molecule has 0 bridgehead atoms. The quantitative estimate of drug-likeness (QED) is 0.276. The van der Waals surface area contributed by atoms with Crippen LogP contribution in [0, 0.1) is 0 Å². The van der Waals surface area contributed by atoms with Crippen molar-refractivity contribution in [2.75, 3.05) is 12.4 Å². The molecule has 34 heavy (non-hydrogen) atoms. The summed E-state index contributed by atoms with van der Waals surface area (Å²) in [6.45, 7) is 3.98. The highest BCUT2D eigenvalue weighted by Crippen LogP contribution is 2.42. The molecule has 2 atom stereocenters. The van der Waals surface area contributed by atoms with Gasteiger partial charge in [0.15, 0.2) is 0 Å². The zero-order valence-corrected chi connectivity index (χ0v) is 20.8. The van der Waals surface area contributed by atoms with Crippen molar-refractivity contribution in [1.82, 2.24) is 5.32 Å². The van der Waals surface area contributed by atoms with Crippen molar-refractivity contribution >= 4 is 27.7 Å². The van der Waals surface area contributed by atoms with Crippen LogP contribution in [0.25, 0.3) is 0 Å². The van der Waals surface area contributed by atoms with Gasteiger partial charge in [-0.15, -0.1) is 11.8 Å². The molecule has 0 aliphatic carbocycles. The van der Waals surface area contributed by atoms with Crippen LogP contribution >= 0.6 is 11.8 Å². The number of nitrogens with one attached hydrogen (secondary N) is 1. The average molecular weight is 508 g/mol. The fourth-order valence-corrected chi connectivity index (χ4v) is 6.01. The summed E-state index contributed by atoms with van der Waals surface area (Å²) in [7, 11) is -4.50. The number of thioether (sulfide) groups is 1. The minimum Gasteiger partial charge on any atom is -0.493 e. The van der Waals surface area contributed by atoms with E-state index < -0.39 is 15.2 Å². The van der Waals surface area contributed by atoms with E-state index in [-0.39, 0.29) is 30.4 Å². The van der Waals surface area contributed by atoms with Gasteiger partial charge in [-0.05, 0) is 29.7 Å². The Morgan fingerprint density at radius 3 is 2.56 bits per heavy atom. The van der Waals surface area contributed by atoms with Gasteiger partial charge >= 0.3 is 15.2 Å². The maximum Gasteiger partial charge on any atom is 0.359 e. The number of Topliss-reactive ketones (excluding diaryl/α,β-unsaturated/α-hetero) is 1. The van der Waals surface area contributed by atoms with Crippen molar-refractivity contribution in [2.24, 2.45) is 0 Å². The highest BCUT2D eigenvalue weighted by molar-refractivity contribution is 7.99. The van der Waals surface area contributed by atoms with E-state index in [0.29, 0.717) is 18.6 Å². The predicted octanol–water partition coefficient (Wildman–Crippen LogP) is 4.26. The SMILES string of the molecule is CCC(=O)C[C@@]1(CC)CSc2cc(OCCC3(S(=O)(=O)O)OO3)ccc2[C@H](c2ccccc2)N1. The van der Waals surface area contributed by atoms with E-state index in [2.05, 4.69) is 34.1 Å². The van der Waals surface area contributed by atoms with Crippen LogP contribution in [0.3, 0.4) is 0 Å². The Hall–Kier alpha value is -1.95. The maximum atomic E-state index is 12.5. The fourth-order valence-electron chi connectivity index (χ4n) is 4.09. The summed E-state index contributed by atoms with van der Waals surface area (Å²) in [6.07, 6.45) is 1.62. The van der Waals surface area contributed by atoms with Gasteiger partial charge in [-0.25, -0.2) is 0 Å². The monoisotopic (exact) mass is 507 g/mol. The van der Waals surface area contributed by atoms with Gasteiger partial charge in [0.25, 0.3) is 0 Å². The molecule has 1 fully saturated rings. The Bertz CT molecular complexity index is 1140. The molecule has 2 heterocycles. The van der Waals surface area contributed by atoms with E-state index in [9.17, 15) is 17.8 Å². The summed E-state index contributed by atoms with van der Waals surface area (Å²) < 4.78 is 37.7. The topological polar surface area (TPSA) is 118 Å². The number of carbonyl (C=O) groups excluding carboxylic acids is 1. The molecule has 2 aromatic carbocycles. The molecular weight excluding hydrogens is 478 g/mol. The number of hydrogen-bond donors (Lipinski definition) is 2. The van der Waals surface area contributed by atoms with Crippen molar-refractivity contribution in [3.05, 3.63) is 59.7 Å². The molecule has 2 aromatic rings. The van der Waals surface area contributed by atoms with Crippen molar-refractivity contribution in [3.8, 4) is 5.75 Å². The molecule has 0 radical (unpaired) electrons. The van der Waals surface area contributed by atoms with E-state index in [1.807, 2.05) is 43.3 Å². The molecule has 4 rings (SSSR count). The molecule has 0 saturated carbocycles. The molecule has 1 saturated heterocycles. The van der Waals surface area contributed by atoms with Crippen LogP contribution in [0.2, 0.25) is 0 Å². The second-order valence-electron chi connectivity index (χ2n) is 8.60. The summed E-state index contributed by atoms with van der Waals surface area (Å²) >= 11 is 1.68. The highest BCUT2D eigenvalue weighted by Gasteiger charge is 2.61. The molecular formula is C24H29NO7S2. The summed E-state index contributed by atoms with van der Waals surface area (Å²) in [5, 5.41) is 1.79. The van der Waals surface area contributed by atoms with Crippen LogP contribution in [0.1, 0.15) is 56.7 Å². The Morgan fingerprint density at radius 2 is 1.94 bits per heavy atom. The molecule has 184 valence electrons. The fraction of sp³-hybridized carbons (Fsp3) is 0.458. The number of carbonyl (C=O) groups is 1. The minimum absolute atomic E-state index is 0.0203. The zero-order chi connectivity index (χ0) is 24.4. The Kier molecular flexibility index (Phi) is 7.37. The van der Waals surface area contributed by atoms with E-state index in [0.717, 1.165) is 28.2 Å². The minimum atomic E-state index is -4.50. The lowest BCUT2D eigenvalue weighted by atomic mass is 9.87. The first-order chi connectivity index (χ1) is 16.2. The number of rotatable bonds is 10. The Morgan fingerprint density at radius 1 is 1.21 bits per heavy atom. The first-order valence-corrected chi connectivity index (χ1v) is 13.7. The van der Waals surface area contributed by atoms with Gasteiger partial charge in [0, 0.05) is 29.0 Å². The average Bonchev–Trinajstić information content (AvgIpc) is 3.64. The number of ether oxygens (including phenoxy) is 1. The van der Waals surface area contributed by atoms with E-state index >= 15 is 0 Å². The predicted molar refractivity (Wildman–Crippen MR) is 128 cm³/mol. The summed E-state index contributed by atoms with van der Waals surface area (Å²) in [4.78, 5) is 22.5. The van der Waals surface area contributed by atoms with Gasteiger partial charge in [0.05, 0.1) is 19.1 Å². The molecule has 0 aromatic heterocycles. The Labute approximate surface area is 204 Å². The van der Waals surface area contributed by atoms with Crippen molar-refractivity contribution in [1.29, 1.82) is 0 Å². The van der Waals surface area contributed by atoms with Crippen molar-refractivity contribution in [3.63, 3.8) is 0 Å². The first-order valence-electron chi connectivity index (χ1n) is 11.3. The lowest BCUT2D eigenvalue weighted by Crippen LogP contribution is -2.49. The maximum absolute atomic E-state index is 12.5. The molecule has 10 heteroatoms. The molecule has 0 amide bonds. The van der Waals surface area contributed by atoms with Gasteiger partial charge < -0.3 is 4.74 Å². The number of benzene rings is 2. The third-order valence-electron chi connectivity index (χ3n) is 6.33. The molecule has 0 spiro atoms. The lowest BCUT2D eigenvalue weighted by Gasteiger charge is -2.35. The van der Waals surface area contributed by atoms with Gasteiger partial charge in [0.1, 0.15) is 11.5 Å². The summed E-state index contributed by atoms with van der Waals surface area (Å²) in [5.74, 6) is 1.52. The molecule has 0 unspecified atom stereocenters. The smallest absolute Gasteiger partial charge is 0.359 e. The van der Waals surface area contributed by atoms with Crippen LogP contribution < -0.4 is 10.1 Å². The summed E-state index contributed by atoms with van der Waals surface area (Å²) in [6, 6.07) is 15.8. The first kappa shape index (κ1) is 25.2. The van der Waals surface area contributed by atoms with E-state index in [1.54, 1.807) is 11.8 Å². The zero-order valence-electron chi connectivity index (χ0n) is 19.2. The lowest BCUT2D eigenvalue weighted by molar-refractivity contribution is -0.120. The van der Waals surface area contributed by atoms with Gasteiger partial charge in [-0.2, -0.15) is 18.2 Å². The van der Waals surface area contributed by atoms with Crippen LogP contribution in [0.4, 0.5) is 0 Å². The second-order valence-corrected chi connectivity index (χ2v) is 11.2. The third-order valence-corrected chi connectivity index (χ3v) is 8.82. The van der Waals surface area contributed by atoms with Crippen molar-refractivity contribution in [2.45, 2.75) is 61.1 Å². The Balaban J connectivity index is 1.59. The standard InChI is InChI=1S/C24H29NO7S2/c1-3-18(26)15-23(4-2)16-33-21-14-19(30-13-12-24(31-32-24)34(27,28)29)10-11-20(21)22(25-23)17-8-6-5-7-9-17/h5-11,14,22,25H,3-4,12-13,15-16H2,1-2H3,(H,27,28,29)/t22-,23-/m0/s1. The van der Waals surface area contributed by atoms with Crippen LogP contribution in [-0.4, -0.2) is 41.8 Å². The number of ketones is 1. The molecule has 2 aliphatic heterocycles. The number of hydrogen-bond acceptors (Lipinski definition) is 8. The van der Waals surface area contributed by atoms with Crippen molar-refractivity contribution < 1.29 is 32.3 Å². The normalized spacial score (nSPS) is 23.6. The van der Waals surface area contributed by atoms with Crippen LogP contribution in [-0.2, 0) is 24.7 Å². The summed E-state index contributed by atoms with van der Waals surface area (Å²) in [5.41, 5.74) is 1.85. The van der Waals surface area contributed by atoms with Crippen LogP contribution in [0.15, 0.2) is 53.4 Å². The largest absolute Gasteiger partial charge is 0.493 e. The van der Waals surface area contributed by atoms with Crippen LogP contribution in [0.5, 0.6) is 5.75 Å². The molecule has 2 N–H and O–H groups in total. The molecule has 2 aliphatic rings. The van der Waals surface area contributed by atoms with Gasteiger partial charge in [-0.3, -0.25) is 14.7 Å². The van der Waals surface area contributed by atoms with E-state index in [4.69, 9.17) is 4.74 Å². The van der Waals surface area contributed by atoms with Gasteiger partial charge in [0.2, 0.25) is 0 Å². The van der Waals surface area contributed by atoms with E-state index in [1.165, 1.54) is 0 Å². The van der Waals surface area contributed by atoms with Gasteiger partial charge in [-0.1, -0.05) is 50.2 Å². The highest BCUT2D eigenvalue weighted by atomic mass is 32.2.